The van der Waals surface area contributed by atoms with E-state index in [0.717, 1.165) is 4.90 Å². The van der Waals surface area contributed by atoms with Crippen LogP contribution in [-0.4, -0.2) is 25.3 Å². The fourth-order valence-electron chi connectivity index (χ4n) is 1.44. The first-order valence-electron chi connectivity index (χ1n) is 5.84. The molecule has 0 saturated carbocycles. The van der Waals surface area contributed by atoms with E-state index in [9.17, 15) is 4.79 Å². The second kappa shape index (κ2) is 7.35. The van der Waals surface area contributed by atoms with Crippen molar-refractivity contribution >= 4 is 17.7 Å². The first-order valence-corrected chi connectivity index (χ1v) is 6.82. The highest BCUT2D eigenvalue weighted by molar-refractivity contribution is 8.00. The summed E-state index contributed by atoms with van der Waals surface area (Å²) in [6.07, 6.45) is 0. The van der Waals surface area contributed by atoms with E-state index in [1.165, 1.54) is 5.56 Å². The number of hydrogen-bond donors (Lipinski definition) is 2. The third kappa shape index (κ3) is 4.79. The molecule has 0 bridgehead atoms. The van der Waals surface area contributed by atoms with Crippen molar-refractivity contribution in [2.75, 3.05) is 19.3 Å². The lowest BCUT2D eigenvalue weighted by Crippen LogP contribution is -2.24. The Balaban J connectivity index is 2.57. The van der Waals surface area contributed by atoms with Crippen molar-refractivity contribution in [1.29, 1.82) is 0 Å². The third-order valence-corrected chi connectivity index (χ3v) is 3.53. The van der Waals surface area contributed by atoms with E-state index in [-0.39, 0.29) is 5.91 Å². The molecule has 0 aliphatic carbocycles. The highest BCUT2D eigenvalue weighted by atomic mass is 32.2. The van der Waals surface area contributed by atoms with Crippen LogP contribution < -0.4 is 10.6 Å². The molecule has 0 heterocycles. The summed E-state index contributed by atoms with van der Waals surface area (Å²) in [6, 6.07) is 8.63. The smallest absolute Gasteiger partial charge is 0.230 e. The van der Waals surface area contributed by atoms with Crippen LogP contribution in [0.15, 0.2) is 29.2 Å². The molecule has 4 heteroatoms. The molecule has 0 aliphatic rings. The summed E-state index contributed by atoms with van der Waals surface area (Å²) in [4.78, 5) is 12.5. The third-order valence-electron chi connectivity index (χ3n) is 2.53. The van der Waals surface area contributed by atoms with Crippen LogP contribution in [0.2, 0.25) is 0 Å². The lowest BCUT2D eigenvalue weighted by molar-refractivity contribution is -0.118. The van der Waals surface area contributed by atoms with Crippen LogP contribution in [0.3, 0.4) is 0 Å². The van der Waals surface area contributed by atoms with Crippen molar-refractivity contribution in [3.8, 4) is 0 Å². The van der Waals surface area contributed by atoms with Crippen molar-refractivity contribution in [2.24, 2.45) is 0 Å². The Hall–Kier alpha value is -1.00. The number of thioether (sulfide) groups is 1. The molecule has 1 aromatic rings. The highest BCUT2D eigenvalue weighted by Gasteiger charge is 2.05. The summed E-state index contributed by atoms with van der Waals surface area (Å²) >= 11 is 1.57. The number of rotatable bonds is 6. The van der Waals surface area contributed by atoms with E-state index in [1.807, 2.05) is 26.1 Å². The molecule has 1 unspecified atom stereocenters. The van der Waals surface area contributed by atoms with Gasteiger partial charge in [-0.15, -0.1) is 11.8 Å². The van der Waals surface area contributed by atoms with Crippen molar-refractivity contribution in [2.45, 2.75) is 24.8 Å². The molecule has 0 saturated heterocycles. The predicted molar refractivity (Wildman–Crippen MR) is 73.3 cm³/mol. The van der Waals surface area contributed by atoms with Crippen LogP contribution in [0.25, 0.3) is 0 Å². The van der Waals surface area contributed by atoms with Gasteiger partial charge in [-0.3, -0.25) is 4.79 Å². The fourth-order valence-corrected chi connectivity index (χ4v) is 2.23. The van der Waals surface area contributed by atoms with Crippen LogP contribution in [0, 0.1) is 0 Å². The van der Waals surface area contributed by atoms with Crippen molar-refractivity contribution in [3.63, 3.8) is 0 Å². The molecule has 0 fully saturated rings. The van der Waals surface area contributed by atoms with E-state index in [2.05, 4.69) is 29.7 Å². The Bertz CT molecular complexity index is 368. The average molecular weight is 252 g/mol. The van der Waals surface area contributed by atoms with Crippen LogP contribution in [0.1, 0.15) is 25.5 Å². The zero-order valence-corrected chi connectivity index (χ0v) is 11.4. The topological polar surface area (TPSA) is 41.1 Å². The van der Waals surface area contributed by atoms with Gasteiger partial charge >= 0.3 is 0 Å². The molecule has 94 valence electrons. The molecular weight excluding hydrogens is 232 g/mol. The largest absolute Gasteiger partial charge is 0.356 e. The molecule has 1 aromatic carbocycles. The van der Waals surface area contributed by atoms with Gasteiger partial charge in [0.25, 0.3) is 0 Å². The highest BCUT2D eigenvalue weighted by Crippen LogP contribution is 2.21. The van der Waals surface area contributed by atoms with Gasteiger partial charge in [0.1, 0.15) is 0 Å². The van der Waals surface area contributed by atoms with Gasteiger partial charge in [0.2, 0.25) is 5.91 Å². The Labute approximate surface area is 107 Å². The quantitative estimate of drug-likeness (QED) is 0.763. The molecule has 0 aromatic heterocycles. The second-order valence-corrected chi connectivity index (χ2v) is 4.87. The molecule has 1 atom stereocenters. The van der Waals surface area contributed by atoms with E-state index in [4.69, 9.17) is 0 Å². The van der Waals surface area contributed by atoms with E-state index < -0.39 is 0 Å². The van der Waals surface area contributed by atoms with Crippen molar-refractivity contribution in [1.82, 2.24) is 10.6 Å². The summed E-state index contributed by atoms with van der Waals surface area (Å²) in [7, 11) is 1.94. The molecule has 2 N–H and O–H groups in total. The van der Waals surface area contributed by atoms with Crippen LogP contribution in [0.5, 0.6) is 0 Å². The number of carbonyl (C=O) groups is 1. The minimum Gasteiger partial charge on any atom is -0.356 e. The average Bonchev–Trinajstić information content (AvgIpc) is 2.36. The molecule has 0 aliphatic heterocycles. The molecular formula is C13H20N2OS. The maximum Gasteiger partial charge on any atom is 0.230 e. The van der Waals surface area contributed by atoms with Gasteiger partial charge in [0, 0.05) is 17.5 Å². The van der Waals surface area contributed by atoms with E-state index in [0.29, 0.717) is 18.3 Å². The first kappa shape index (κ1) is 14.1. The number of hydrogen-bond acceptors (Lipinski definition) is 3. The van der Waals surface area contributed by atoms with Crippen LogP contribution in [0.4, 0.5) is 0 Å². The zero-order valence-electron chi connectivity index (χ0n) is 10.6. The van der Waals surface area contributed by atoms with Gasteiger partial charge < -0.3 is 10.6 Å². The van der Waals surface area contributed by atoms with Crippen molar-refractivity contribution in [3.05, 3.63) is 29.8 Å². The molecule has 0 radical (unpaired) electrons. The summed E-state index contributed by atoms with van der Waals surface area (Å²) < 4.78 is 0. The predicted octanol–water partition coefficient (Wildman–Crippen LogP) is 2.20. The molecule has 17 heavy (non-hydrogen) atoms. The minimum atomic E-state index is 0.0876. The lowest BCUT2D eigenvalue weighted by Gasteiger charge is -2.11. The van der Waals surface area contributed by atoms with E-state index >= 15 is 0 Å². The summed E-state index contributed by atoms with van der Waals surface area (Å²) in [5.41, 5.74) is 1.24. The Morgan fingerprint density at radius 1 is 1.47 bits per heavy atom. The first-order chi connectivity index (χ1) is 8.17. The van der Waals surface area contributed by atoms with Crippen molar-refractivity contribution < 1.29 is 4.79 Å². The fraction of sp³-hybridized carbons (Fsp3) is 0.462. The van der Waals surface area contributed by atoms with Gasteiger partial charge in [0.05, 0.1) is 5.75 Å². The summed E-state index contributed by atoms with van der Waals surface area (Å²) in [5, 5.41) is 6.00. The zero-order chi connectivity index (χ0) is 12.7. The van der Waals surface area contributed by atoms with Crippen LogP contribution in [-0.2, 0) is 4.79 Å². The molecule has 1 amide bonds. The molecule has 1 rings (SSSR count). The monoisotopic (exact) mass is 252 g/mol. The Morgan fingerprint density at radius 2 is 2.24 bits per heavy atom. The maximum absolute atomic E-state index is 11.3. The van der Waals surface area contributed by atoms with Gasteiger partial charge in [0.15, 0.2) is 0 Å². The maximum atomic E-state index is 11.3. The van der Waals surface area contributed by atoms with Gasteiger partial charge in [-0.05, 0) is 38.6 Å². The molecule has 3 nitrogen and oxygen atoms in total. The SMILES string of the molecule is CCNC(=O)CSc1cccc(C(C)NC)c1. The number of amides is 1. The number of nitrogens with one attached hydrogen (secondary N) is 2. The Morgan fingerprint density at radius 3 is 2.88 bits per heavy atom. The van der Waals surface area contributed by atoms with Gasteiger partial charge in [-0.2, -0.15) is 0 Å². The summed E-state index contributed by atoms with van der Waals surface area (Å²) in [6.45, 7) is 4.74. The van der Waals surface area contributed by atoms with Gasteiger partial charge in [-0.1, -0.05) is 12.1 Å². The normalized spacial score (nSPS) is 12.2. The lowest BCUT2D eigenvalue weighted by atomic mass is 10.1. The number of carbonyl (C=O) groups excluding carboxylic acids is 1. The Kier molecular flexibility index (Phi) is 6.08. The van der Waals surface area contributed by atoms with Crippen LogP contribution >= 0.6 is 11.8 Å². The van der Waals surface area contributed by atoms with Gasteiger partial charge in [-0.25, -0.2) is 0 Å². The summed E-state index contributed by atoms with van der Waals surface area (Å²) in [5.74, 6) is 0.565. The number of benzene rings is 1. The standard InChI is InChI=1S/C13H20N2OS/c1-4-15-13(16)9-17-12-7-5-6-11(8-12)10(2)14-3/h5-8,10,14H,4,9H2,1-3H3,(H,15,16). The minimum absolute atomic E-state index is 0.0876. The second-order valence-electron chi connectivity index (χ2n) is 3.83. The molecule has 0 spiro atoms. The van der Waals surface area contributed by atoms with E-state index in [1.54, 1.807) is 11.8 Å².